The molecule has 19 heavy (non-hydrogen) atoms. The molecule has 1 aromatic carbocycles. The molecule has 0 aliphatic heterocycles. The summed E-state index contributed by atoms with van der Waals surface area (Å²) in [4.78, 5) is 22.5. The van der Waals surface area contributed by atoms with E-state index in [0.29, 0.717) is 0 Å². The second kappa shape index (κ2) is 8.05. The summed E-state index contributed by atoms with van der Waals surface area (Å²) in [6.45, 7) is 0.277. The zero-order chi connectivity index (χ0) is 14.1. The summed E-state index contributed by atoms with van der Waals surface area (Å²) in [7, 11) is 1.48. The molecule has 1 rings (SSSR count). The van der Waals surface area contributed by atoms with Crippen molar-refractivity contribution >= 4 is 18.0 Å². The van der Waals surface area contributed by atoms with Crippen molar-refractivity contribution in [3.63, 3.8) is 0 Å². The first-order chi connectivity index (χ1) is 9.13. The average molecular weight is 263 g/mol. The zero-order valence-corrected chi connectivity index (χ0v) is 10.7. The minimum atomic E-state index is -1.07. The monoisotopic (exact) mass is 263 g/mol. The van der Waals surface area contributed by atoms with Gasteiger partial charge in [-0.2, -0.15) is 0 Å². The van der Waals surface area contributed by atoms with Crippen molar-refractivity contribution in [1.82, 2.24) is 5.32 Å². The molecule has 0 saturated carbocycles. The van der Waals surface area contributed by atoms with Crippen LogP contribution < -0.4 is 5.32 Å². The molecule has 0 bridgehead atoms. The van der Waals surface area contributed by atoms with Crippen molar-refractivity contribution in [1.29, 1.82) is 0 Å². The van der Waals surface area contributed by atoms with Gasteiger partial charge in [0.25, 0.3) is 0 Å². The third kappa shape index (κ3) is 5.83. The van der Waals surface area contributed by atoms with Crippen LogP contribution in [0.25, 0.3) is 6.08 Å². The Kier molecular flexibility index (Phi) is 6.32. The van der Waals surface area contributed by atoms with Crippen LogP contribution in [0.4, 0.5) is 0 Å². The fourth-order valence-electron chi connectivity index (χ4n) is 1.45. The molecule has 0 aliphatic carbocycles. The fraction of sp³-hybridized carbons (Fsp3) is 0.286. The number of amides is 1. The van der Waals surface area contributed by atoms with E-state index in [1.807, 2.05) is 30.3 Å². The van der Waals surface area contributed by atoms with Crippen LogP contribution in [0, 0.1) is 0 Å². The molecule has 1 amide bonds. The van der Waals surface area contributed by atoms with Crippen LogP contribution in [0.5, 0.6) is 0 Å². The number of nitrogens with one attached hydrogen (secondary N) is 1. The van der Waals surface area contributed by atoms with E-state index in [1.165, 1.54) is 13.2 Å². The maximum Gasteiger partial charge on any atom is 0.326 e. The molecule has 2 N–H and O–H groups in total. The Labute approximate surface area is 111 Å². The molecule has 0 radical (unpaired) electrons. The standard InChI is InChI=1S/C14H17NO4/c1-19-10-9-12(14(17)18)15-13(16)8-7-11-5-3-2-4-6-11/h2-8,12H,9-10H2,1H3,(H,15,16)(H,17,18). The Morgan fingerprint density at radius 3 is 2.63 bits per heavy atom. The van der Waals surface area contributed by atoms with Gasteiger partial charge < -0.3 is 15.2 Å². The van der Waals surface area contributed by atoms with E-state index in [4.69, 9.17) is 9.84 Å². The van der Waals surface area contributed by atoms with E-state index >= 15 is 0 Å². The quantitative estimate of drug-likeness (QED) is 0.727. The molecule has 1 unspecified atom stereocenters. The molecule has 102 valence electrons. The lowest BCUT2D eigenvalue weighted by atomic mass is 10.2. The molecular formula is C14H17NO4. The number of carbonyl (C=O) groups excluding carboxylic acids is 1. The number of carbonyl (C=O) groups is 2. The fourth-order valence-corrected chi connectivity index (χ4v) is 1.45. The van der Waals surface area contributed by atoms with E-state index in [0.717, 1.165) is 5.56 Å². The van der Waals surface area contributed by atoms with Gasteiger partial charge in [0.05, 0.1) is 0 Å². The van der Waals surface area contributed by atoms with Gasteiger partial charge in [-0.25, -0.2) is 4.79 Å². The topological polar surface area (TPSA) is 75.6 Å². The molecule has 5 heteroatoms. The van der Waals surface area contributed by atoms with Gasteiger partial charge in [0.15, 0.2) is 0 Å². The van der Waals surface area contributed by atoms with Crippen LogP contribution in [-0.2, 0) is 14.3 Å². The van der Waals surface area contributed by atoms with Gasteiger partial charge in [-0.1, -0.05) is 30.3 Å². The van der Waals surface area contributed by atoms with Crippen molar-refractivity contribution in [2.75, 3.05) is 13.7 Å². The lowest BCUT2D eigenvalue weighted by molar-refractivity contribution is -0.141. The van der Waals surface area contributed by atoms with E-state index < -0.39 is 17.9 Å². The number of rotatable bonds is 7. The highest BCUT2D eigenvalue weighted by molar-refractivity contribution is 5.94. The highest BCUT2D eigenvalue weighted by Crippen LogP contribution is 2.01. The summed E-state index contributed by atoms with van der Waals surface area (Å²) in [6, 6.07) is 8.36. The van der Waals surface area contributed by atoms with Crippen molar-refractivity contribution in [2.45, 2.75) is 12.5 Å². The largest absolute Gasteiger partial charge is 0.480 e. The van der Waals surface area contributed by atoms with Crippen molar-refractivity contribution < 1.29 is 19.4 Å². The summed E-state index contributed by atoms with van der Waals surface area (Å²) in [5.41, 5.74) is 0.876. The number of aliphatic carboxylic acids is 1. The summed E-state index contributed by atoms with van der Waals surface area (Å²) in [6.07, 6.45) is 3.18. The van der Waals surface area contributed by atoms with Gasteiger partial charge in [-0.3, -0.25) is 4.79 Å². The first-order valence-corrected chi connectivity index (χ1v) is 5.89. The maximum atomic E-state index is 11.6. The second-order valence-electron chi connectivity index (χ2n) is 3.92. The lowest BCUT2D eigenvalue weighted by Crippen LogP contribution is -2.40. The van der Waals surface area contributed by atoms with Crippen LogP contribution in [0.3, 0.4) is 0 Å². The van der Waals surface area contributed by atoms with Gasteiger partial charge in [-0.05, 0) is 11.6 Å². The number of benzene rings is 1. The Morgan fingerprint density at radius 2 is 2.05 bits per heavy atom. The molecule has 0 aliphatic rings. The lowest BCUT2D eigenvalue weighted by Gasteiger charge is -2.12. The molecule has 0 spiro atoms. The van der Waals surface area contributed by atoms with Gasteiger partial charge in [0.2, 0.25) is 5.91 Å². The minimum Gasteiger partial charge on any atom is -0.480 e. The summed E-state index contributed by atoms with van der Waals surface area (Å²) in [5.74, 6) is -1.51. The molecule has 0 heterocycles. The van der Waals surface area contributed by atoms with Crippen LogP contribution in [-0.4, -0.2) is 36.7 Å². The zero-order valence-electron chi connectivity index (χ0n) is 10.7. The maximum absolute atomic E-state index is 11.6. The summed E-state index contributed by atoms with van der Waals surface area (Å²) in [5, 5.41) is 11.4. The molecule has 0 saturated heterocycles. The predicted octanol–water partition coefficient (Wildman–Crippen LogP) is 1.31. The van der Waals surface area contributed by atoms with Crippen LogP contribution in [0.2, 0.25) is 0 Å². The van der Waals surface area contributed by atoms with Gasteiger partial charge in [-0.15, -0.1) is 0 Å². The molecule has 1 atom stereocenters. The van der Waals surface area contributed by atoms with Gasteiger partial charge >= 0.3 is 5.97 Å². The van der Waals surface area contributed by atoms with E-state index in [2.05, 4.69) is 5.32 Å². The van der Waals surface area contributed by atoms with Gasteiger partial charge in [0.1, 0.15) is 6.04 Å². The van der Waals surface area contributed by atoms with E-state index in [9.17, 15) is 9.59 Å². The normalized spacial score (nSPS) is 12.3. The third-order valence-corrected chi connectivity index (χ3v) is 2.45. The highest BCUT2D eigenvalue weighted by Gasteiger charge is 2.18. The first kappa shape index (κ1) is 14.9. The molecule has 5 nitrogen and oxygen atoms in total. The number of hydrogen-bond donors (Lipinski definition) is 2. The number of carboxylic acid groups (broad SMARTS) is 1. The Morgan fingerprint density at radius 1 is 1.37 bits per heavy atom. The average Bonchev–Trinajstić information content (AvgIpc) is 2.42. The SMILES string of the molecule is COCCC(NC(=O)C=Cc1ccccc1)C(=O)O. The minimum absolute atomic E-state index is 0.233. The van der Waals surface area contributed by atoms with Crippen LogP contribution >= 0.6 is 0 Å². The second-order valence-corrected chi connectivity index (χ2v) is 3.92. The Bertz CT molecular complexity index is 442. The molecule has 0 aromatic heterocycles. The molecule has 0 fully saturated rings. The number of carboxylic acids is 1. The number of methoxy groups -OCH3 is 1. The highest BCUT2D eigenvalue weighted by atomic mass is 16.5. The summed E-state index contributed by atoms with van der Waals surface area (Å²) < 4.78 is 4.80. The number of ether oxygens (including phenoxy) is 1. The van der Waals surface area contributed by atoms with Crippen molar-refractivity contribution in [3.05, 3.63) is 42.0 Å². The van der Waals surface area contributed by atoms with Crippen molar-refractivity contribution in [2.24, 2.45) is 0 Å². The molecule has 1 aromatic rings. The number of hydrogen-bond acceptors (Lipinski definition) is 3. The third-order valence-electron chi connectivity index (χ3n) is 2.45. The first-order valence-electron chi connectivity index (χ1n) is 5.89. The predicted molar refractivity (Wildman–Crippen MR) is 71.5 cm³/mol. The molecular weight excluding hydrogens is 246 g/mol. The Balaban J connectivity index is 2.53. The Hall–Kier alpha value is -2.14. The van der Waals surface area contributed by atoms with Crippen LogP contribution in [0.15, 0.2) is 36.4 Å². The van der Waals surface area contributed by atoms with Gasteiger partial charge in [0, 0.05) is 26.2 Å². The van der Waals surface area contributed by atoms with Crippen molar-refractivity contribution in [3.8, 4) is 0 Å². The van der Waals surface area contributed by atoms with E-state index in [-0.39, 0.29) is 13.0 Å². The van der Waals surface area contributed by atoms with E-state index in [1.54, 1.807) is 6.08 Å². The van der Waals surface area contributed by atoms with Crippen LogP contribution in [0.1, 0.15) is 12.0 Å². The summed E-state index contributed by atoms with van der Waals surface area (Å²) >= 11 is 0. The smallest absolute Gasteiger partial charge is 0.326 e.